The van der Waals surface area contributed by atoms with E-state index in [0.717, 1.165) is 42.9 Å². The second-order valence-corrected chi connectivity index (χ2v) is 6.27. The van der Waals surface area contributed by atoms with E-state index in [0.29, 0.717) is 6.54 Å². The smallest absolute Gasteiger partial charge is 0.246 e. The first-order valence-corrected chi connectivity index (χ1v) is 7.66. The van der Waals surface area contributed by atoms with Gasteiger partial charge in [-0.05, 0) is 38.4 Å². The highest BCUT2D eigenvalue weighted by molar-refractivity contribution is 6.03. The minimum atomic E-state index is -0.632. The molecule has 2 aliphatic heterocycles. The summed E-state index contributed by atoms with van der Waals surface area (Å²) in [4.78, 5) is 14.2. The van der Waals surface area contributed by atoms with Crippen LogP contribution in [-0.4, -0.2) is 36.2 Å². The summed E-state index contributed by atoms with van der Waals surface area (Å²) >= 11 is 0. The zero-order chi connectivity index (χ0) is 15.0. The number of benzene rings is 1. The molecule has 2 unspecified atom stereocenters. The number of amides is 1. The molecule has 1 amide bonds. The average molecular weight is 289 g/mol. The van der Waals surface area contributed by atoms with E-state index in [2.05, 4.69) is 15.5 Å². The molecule has 0 radical (unpaired) electrons. The summed E-state index contributed by atoms with van der Waals surface area (Å²) in [5.74, 6) is 0.00893. The molecule has 5 nitrogen and oxygen atoms in total. The van der Waals surface area contributed by atoms with E-state index < -0.39 is 5.60 Å². The molecule has 114 valence electrons. The SMILES string of the molecule is CCNC1C(=O)Nc2cc(N3CCCC(C)(O)C3)ccc21. The fourth-order valence-corrected chi connectivity index (χ4v) is 3.29. The van der Waals surface area contributed by atoms with Crippen molar-refractivity contribution in [3.05, 3.63) is 23.8 Å². The van der Waals surface area contributed by atoms with Gasteiger partial charge in [-0.2, -0.15) is 0 Å². The van der Waals surface area contributed by atoms with Crippen molar-refractivity contribution in [1.29, 1.82) is 0 Å². The van der Waals surface area contributed by atoms with E-state index in [4.69, 9.17) is 0 Å². The number of anilines is 2. The van der Waals surface area contributed by atoms with E-state index >= 15 is 0 Å². The Balaban J connectivity index is 1.84. The Bertz CT molecular complexity index is 556. The Kier molecular flexibility index (Phi) is 3.63. The third-order valence-electron chi connectivity index (χ3n) is 4.32. The van der Waals surface area contributed by atoms with Crippen molar-refractivity contribution in [3.63, 3.8) is 0 Å². The Morgan fingerprint density at radius 3 is 3.05 bits per heavy atom. The average Bonchev–Trinajstić information content (AvgIpc) is 2.74. The van der Waals surface area contributed by atoms with E-state index in [-0.39, 0.29) is 11.9 Å². The number of hydrogen-bond donors (Lipinski definition) is 3. The Labute approximate surface area is 125 Å². The predicted molar refractivity (Wildman–Crippen MR) is 83.6 cm³/mol. The van der Waals surface area contributed by atoms with Crippen LogP contribution in [0.2, 0.25) is 0 Å². The van der Waals surface area contributed by atoms with Crippen LogP contribution >= 0.6 is 0 Å². The van der Waals surface area contributed by atoms with Crippen LogP contribution in [0.5, 0.6) is 0 Å². The van der Waals surface area contributed by atoms with E-state index in [1.165, 1.54) is 0 Å². The van der Waals surface area contributed by atoms with Crippen LogP contribution in [0.25, 0.3) is 0 Å². The molecule has 5 heteroatoms. The number of piperidine rings is 1. The first kappa shape index (κ1) is 14.4. The zero-order valence-corrected chi connectivity index (χ0v) is 12.6. The summed E-state index contributed by atoms with van der Waals surface area (Å²) in [7, 11) is 0. The summed E-state index contributed by atoms with van der Waals surface area (Å²) in [6, 6.07) is 5.83. The molecule has 2 atom stereocenters. The molecule has 3 rings (SSSR count). The van der Waals surface area contributed by atoms with Crippen molar-refractivity contribution in [2.45, 2.75) is 38.3 Å². The van der Waals surface area contributed by atoms with E-state index in [1.807, 2.05) is 32.0 Å². The first-order valence-electron chi connectivity index (χ1n) is 7.66. The van der Waals surface area contributed by atoms with Crippen molar-refractivity contribution in [3.8, 4) is 0 Å². The Morgan fingerprint density at radius 1 is 1.52 bits per heavy atom. The van der Waals surface area contributed by atoms with Crippen LogP contribution in [0, 0.1) is 0 Å². The van der Waals surface area contributed by atoms with Gasteiger partial charge in [0.05, 0.1) is 5.60 Å². The lowest BCUT2D eigenvalue weighted by atomic mass is 9.94. The van der Waals surface area contributed by atoms with Crippen molar-refractivity contribution >= 4 is 17.3 Å². The second kappa shape index (κ2) is 5.31. The van der Waals surface area contributed by atoms with Crippen LogP contribution in [-0.2, 0) is 4.79 Å². The zero-order valence-electron chi connectivity index (χ0n) is 12.6. The quantitative estimate of drug-likeness (QED) is 0.791. The van der Waals surface area contributed by atoms with Gasteiger partial charge in [0.25, 0.3) is 0 Å². The van der Waals surface area contributed by atoms with Gasteiger partial charge in [0.1, 0.15) is 6.04 Å². The lowest BCUT2D eigenvalue weighted by Gasteiger charge is -2.38. The summed E-state index contributed by atoms with van der Waals surface area (Å²) in [5.41, 5.74) is 2.32. The summed E-state index contributed by atoms with van der Waals surface area (Å²) in [6.07, 6.45) is 1.82. The highest BCUT2D eigenvalue weighted by Gasteiger charge is 2.32. The maximum absolute atomic E-state index is 12.0. The largest absolute Gasteiger partial charge is 0.388 e. The highest BCUT2D eigenvalue weighted by atomic mass is 16.3. The molecular formula is C16H23N3O2. The first-order chi connectivity index (χ1) is 10.00. The number of hydrogen-bond acceptors (Lipinski definition) is 4. The fourth-order valence-electron chi connectivity index (χ4n) is 3.29. The van der Waals surface area contributed by atoms with Gasteiger partial charge < -0.3 is 20.6 Å². The summed E-state index contributed by atoms with van der Waals surface area (Å²) in [6.45, 7) is 6.22. The predicted octanol–water partition coefficient (Wildman–Crippen LogP) is 1.64. The molecule has 0 aliphatic carbocycles. The van der Waals surface area contributed by atoms with E-state index in [9.17, 15) is 9.90 Å². The number of likely N-dealkylation sites (N-methyl/N-ethyl adjacent to an activating group) is 1. The Morgan fingerprint density at radius 2 is 2.33 bits per heavy atom. The maximum atomic E-state index is 12.0. The third kappa shape index (κ3) is 2.76. The van der Waals surface area contributed by atoms with Crippen LogP contribution in [0.4, 0.5) is 11.4 Å². The van der Waals surface area contributed by atoms with Crippen molar-refractivity contribution in [2.75, 3.05) is 29.9 Å². The number of carbonyl (C=O) groups excluding carboxylic acids is 1. The fraction of sp³-hybridized carbons (Fsp3) is 0.562. The molecule has 1 fully saturated rings. The molecule has 0 aromatic heterocycles. The van der Waals surface area contributed by atoms with Crippen LogP contribution in [0.1, 0.15) is 38.3 Å². The highest BCUT2D eigenvalue weighted by Crippen LogP contribution is 2.35. The van der Waals surface area contributed by atoms with Crippen LogP contribution in [0.3, 0.4) is 0 Å². The number of fused-ring (bicyclic) bond motifs is 1. The second-order valence-electron chi connectivity index (χ2n) is 6.27. The monoisotopic (exact) mass is 289 g/mol. The van der Waals surface area contributed by atoms with Gasteiger partial charge in [-0.3, -0.25) is 4.79 Å². The minimum Gasteiger partial charge on any atom is -0.388 e. The van der Waals surface area contributed by atoms with Gasteiger partial charge in [0.2, 0.25) is 5.91 Å². The van der Waals surface area contributed by atoms with Gasteiger partial charge in [-0.25, -0.2) is 0 Å². The molecule has 0 bridgehead atoms. The van der Waals surface area contributed by atoms with Crippen molar-refractivity contribution < 1.29 is 9.90 Å². The number of carbonyl (C=O) groups is 1. The minimum absolute atomic E-state index is 0.00893. The third-order valence-corrected chi connectivity index (χ3v) is 4.32. The number of rotatable bonds is 3. The molecule has 3 N–H and O–H groups in total. The molecule has 2 aliphatic rings. The van der Waals surface area contributed by atoms with Gasteiger partial charge >= 0.3 is 0 Å². The lowest BCUT2D eigenvalue weighted by Crippen LogP contribution is -2.46. The van der Waals surface area contributed by atoms with Gasteiger partial charge in [-0.15, -0.1) is 0 Å². The van der Waals surface area contributed by atoms with Crippen molar-refractivity contribution in [2.24, 2.45) is 0 Å². The van der Waals surface area contributed by atoms with Crippen LogP contribution in [0.15, 0.2) is 18.2 Å². The number of β-amino-alcohol motifs (C(OH)–C–C–N with tert-alkyl or cyclic N) is 1. The molecule has 0 spiro atoms. The summed E-state index contributed by atoms with van der Waals surface area (Å²) in [5, 5.41) is 16.4. The van der Waals surface area contributed by atoms with Gasteiger partial charge in [0, 0.05) is 30.0 Å². The molecule has 1 saturated heterocycles. The lowest BCUT2D eigenvalue weighted by molar-refractivity contribution is -0.117. The molecule has 0 saturated carbocycles. The van der Waals surface area contributed by atoms with Gasteiger partial charge in [-0.1, -0.05) is 13.0 Å². The van der Waals surface area contributed by atoms with Gasteiger partial charge in [0.15, 0.2) is 0 Å². The molecular weight excluding hydrogens is 266 g/mol. The van der Waals surface area contributed by atoms with Crippen molar-refractivity contribution in [1.82, 2.24) is 5.32 Å². The summed E-state index contributed by atoms with van der Waals surface area (Å²) < 4.78 is 0. The molecule has 1 aromatic carbocycles. The molecule has 2 heterocycles. The molecule has 21 heavy (non-hydrogen) atoms. The number of aliphatic hydroxyl groups is 1. The number of nitrogens with one attached hydrogen (secondary N) is 2. The maximum Gasteiger partial charge on any atom is 0.246 e. The Hall–Kier alpha value is -1.59. The van der Waals surface area contributed by atoms with Crippen LogP contribution < -0.4 is 15.5 Å². The normalized spacial score (nSPS) is 28.4. The standard InChI is InChI=1S/C16H23N3O2/c1-3-17-14-12-6-5-11(9-13(12)18-15(14)20)19-8-4-7-16(2,21)10-19/h5-6,9,14,17,21H,3-4,7-8,10H2,1-2H3,(H,18,20). The topological polar surface area (TPSA) is 64.6 Å². The van der Waals surface area contributed by atoms with E-state index in [1.54, 1.807) is 0 Å². The molecule has 1 aromatic rings. The number of nitrogens with zero attached hydrogens (tertiary/aromatic N) is 1.